The van der Waals surface area contributed by atoms with E-state index >= 15 is 0 Å². The van der Waals surface area contributed by atoms with Gasteiger partial charge in [0.2, 0.25) is 0 Å². The second-order valence-corrected chi connectivity index (χ2v) is 5.91. The maximum Gasteiger partial charge on any atom is 0.129 e. The number of halogens is 2. The van der Waals surface area contributed by atoms with E-state index in [-0.39, 0.29) is 11.5 Å². The summed E-state index contributed by atoms with van der Waals surface area (Å²) >= 11 is 1.67. The standard InChI is InChI=1S/C15H14F2OS/c16-9-4-5-13(17)12(8-9)15(18)11-2-1-3-14-10(11)6-7-19-14/h4-8,11,15,18H,1-3H2. The van der Waals surface area contributed by atoms with Crippen molar-refractivity contribution in [1.29, 1.82) is 0 Å². The molecule has 0 amide bonds. The van der Waals surface area contributed by atoms with Crippen LogP contribution in [-0.2, 0) is 6.42 Å². The largest absolute Gasteiger partial charge is 0.388 e. The van der Waals surface area contributed by atoms with Crippen LogP contribution in [0.1, 0.15) is 40.9 Å². The summed E-state index contributed by atoms with van der Waals surface area (Å²) in [5.74, 6) is -1.20. The fraction of sp³-hybridized carbons (Fsp3) is 0.333. The highest BCUT2D eigenvalue weighted by atomic mass is 32.1. The zero-order valence-corrected chi connectivity index (χ0v) is 11.1. The lowest BCUT2D eigenvalue weighted by Crippen LogP contribution is -2.16. The highest BCUT2D eigenvalue weighted by Gasteiger charge is 2.30. The molecule has 0 radical (unpaired) electrons. The first-order chi connectivity index (χ1) is 9.16. The molecule has 0 fully saturated rings. The molecule has 19 heavy (non-hydrogen) atoms. The Bertz CT molecular complexity index is 594. The van der Waals surface area contributed by atoms with E-state index in [1.807, 2.05) is 11.4 Å². The lowest BCUT2D eigenvalue weighted by molar-refractivity contribution is 0.132. The molecule has 1 N–H and O–H groups in total. The van der Waals surface area contributed by atoms with E-state index in [4.69, 9.17) is 0 Å². The van der Waals surface area contributed by atoms with Crippen molar-refractivity contribution < 1.29 is 13.9 Å². The third-order valence-corrected chi connectivity index (χ3v) is 4.75. The molecule has 4 heteroatoms. The van der Waals surface area contributed by atoms with E-state index in [1.54, 1.807) is 11.3 Å². The van der Waals surface area contributed by atoms with Crippen LogP contribution in [-0.4, -0.2) is 5.11 Å². The number of hydrogen-bond donors (Lipinski definition) is 1. The van der Waals surface area contributed by atoms with E-state index in [0.29, 0.717) is 0 Å². The quantitative estimate of drug-likeness (QED) is 0.875. The van der Waals surface area contributed by atoms with Gasteiger partial charge in [-0.3, -0.25) is 0 Å². The number of fused-ring (bicyclic) bond motifs is 1. The molecule has 2 aromatic rings. The van der Waals surface area contributed by atoms with Crippen molar-refractivity contribution in [3.8, 4) is 0 Å². The molecule has 2 atom stereocenters. The molecule has 1 aromatic heterocycles. The summed E-state index contributed by atoms with van der Waals surface area (Å²) in [5, 5.41) is 12.4. The minimum absolute atomic E-state index is 0.0593. The van der Waals surface area contributed by atoms with Crippen LogP contribution in [0.5, 0.6) is 0 Å². The van der Waals surface area contributed by atoms with Crippen LogP contribution >= 0.6 is 11.3 Å². The molecule has 1 nitrogen and oxygen atoms in total. The Hall–Kier alpha value is -1.26. The molecule has 1 aromatic carbocycles. The summed E-state index contributed by atoms with van der Waals surface area (Å²) in [4.78, 5) is 1.26. The molecule has 3 rings (SSSR count). The number of aryl methyl sites for hydroxylation is 1. The first-order valence-electron chi connectivity index (χ1n) is 6.36. The van der Waals surface area contributed by atoms with Crippen molar-refractivity contribution in [2.75, 3.05) is 0 Å². The third kappa shape index (κ3) is 2.30. The van der Waals surface area contributed by atoms with Crippen LogP contribution in [0.4, 0.5) is 8.78 Å². The molecular formula is C15H14F2OS. The number of rotatable bonds is 2. The summed E-state index contributed by atoms with van der Waals surface area (Å²) in [6.45, 7) is 0. The van der Waals surface area contributed by atoms with E-state index in [2.05, 4.69) is 0 Å². The first kappa shape index (κ1) is 12.8. The number of aliphatic hydroxyl groups is 1. The zero-order chi connectivity index (χ0) is 13.4. The maximum atomic E-state index is 13.8. The number of benzene rings is 1. The summed E-state index contributed by atoms with van der Waals surface area (Å²) < 4.78 is 27.0. The average molecular weight is 280 g/mol. The second-order valence-electron chi connectivity index (χ2n) is 4.91. The SMILES string of the molecule is OC(c1cc(F)ccc1F)C1CCCc2sccc21. The topological polar surface area (TPSA) is 20.2 Å². The van der Waals surface area contributed by atoms with Crippen LogP contribution in [0, 0.1) is 11.6 Å². The number of aliphatic hydroxyl groups excluding tert-OH is 1. The highest BCUT2D eigenvalue weighted by molar-refractivity contribution is 7.10. The Morgan fingerprint density at radius 2 is 2.11 bits per heavy atom. The van der Waals surface area contributed by atoms with Gasteiger partial charge in [0.05, 0.1) is 6.10 Å². The predicted octanol–water partition coefficient (Wildman–Crippen LogP) is 4.18. The number of thiophene rings is 1. The molecule has 0 bridgehead atoms. The van der Waals surface area contributed by atoms with Crippen molar-refractivity contribution in [3.05, 3.63) is 57.3 Å². The van der Waals surface area contributed by atoms with Crippen LogP contribution < -0.4 is 0 Å². The lowest BCUT2D eigenvalue weighted by atomic mass is 9.81. The first-order valence-corrected chi connectivity index (χ1v) is 7.24. The van der Waals surface area contributed by atoms with Gasteiger partial charge in [-0.2, -0.15) is 0 Å². The molecule has 100 valence electrons. The van der Waals surface area contributed by atoms with Crippen molar-refractivity contribution in [2.45, 2.75) is 31.3 Å². The minimum atomic E-state index is -0.982. The Morgan fingerprint density at radius 1 is 1.26 bits per heavy atom. The van der Waals surface area contributed by atoms with Gasteiger partial charge in [0.25, 0.3) is 0 Å². The van der Waals surface area contributed by atoms with Gasteiger partial charge in [-0.15, -0.1) is 11.3 Å². The molecule has 1 aliphatic carbocycles. The van der Waals surface area contributed by atoms with Gasteiger partial charge < -0.3 is 5.11 Å². The normalized spacial score (nSPS) is 20.1. The molecule has 0 saturated carbocycles. The van der Waals surface area contributed by atoms with Gasteiger partial charge in [0.1, 0.15) is 11.6 Å². The van der Waals surface area contributed by atoms with Gasteiger partial charge in [-0.05, 0) is 54.5 Å². The van der Waals surface area contributed by atoms with Gasteiger partial charge in [-0.1, -0.05) is 0 Å². The smallest absolute Gasteiger partial charge is 0.129 e. The second kappa shape index (κ2) is 5.02. The Labute approximate surface area is 114 Å². The van der Waals surface area contributed by atoms with Crippen LogP contribution in [0.2, 0.25) is 0 Å². The summed E-state index contributed by atoms with van der Waals surface area (Å²) in [6.07, 6.45) is 1.82. The molecule has 2 unspecified atom stereocenters. The van der Waals surface area contributed by atoms with Crippen molar-refractivity contribution >= 4 is 11.3 Å². The van der Waals surface area contributed by atoms with Crippen LogP contribution in [0.15, 0.2) is 29.6 Å². The molecule has 0 spiro atoms. The molecular weight excluding hydrogens is 266 g/mol. The summed E-state index contributed by atoms with van der Waals surface area (Å²) in [5.41, 5.74) is 1.15. The van der Waals surface area contributed by atoms with Crippen LogP contribution in [0.25, 0.3) is 0 Å². The highest BCUT2D eigenvalue weighted by Crippen LogP contribution is 2.42. The van der Waals surface area contributed by atoms with E-state index < -0.39 is 17.7 Å². The molecule has 1 aliphatic rings. The lowest BCUT2D eigenvalue weighted by Gasteiger charge is -2.27. The fourth-order valence-corrected chi connectivity index (χ4v) is 3.80. The molecule has 1 heterocycles. The van der Waals surface area contributed by atoms with Gasteiger partial charge in [0.15, 0.2) is 0 Å². The van der Waals surface area contributed by atoms with Gasteiger partial charge in [-0.25, -0.2) is 8.78 Å². The summed E-state index contributed by atoms with van der Waals surface area (Å²) in [6, 6.07) is 5.23. The van der Waals surface area contributed by atoms with E-state index in [1.165, 1.54) is 4.88 Å². The van der Waals surface area contributed by atoms with Gasteiger partial charge in [0, 0.05) is 16.4 Å². The molecule has 0 aliphatic heterocycles. The predicted molar refractivity (Wildman–Crippen MR) is 71.3 cm³/mol. The van der Waals surface area contributed by atoms with E-state index in [9.17, 15) is 13.9 Å². The number of hydrogen-bond acceptors (Lipinski definition) is 2. The van der Waals surface area contributed by atoms with Crippen LogP contribution in [0.3, 0.4) is 0 Å². The van der Waals surface area contributed by atoms with Gasteiger partial charge >= 0.3 is 0 Å². The zero-order valence-electron chi connectivity index (χ0n) is 10.3. The Kier molecular flexibility index (Phi) is 3.37. The average Bonchev–Trinajstić information content (AvgIpc) is 2.89. The van der Waals surface area contributed by atoms with Crippen molar-refractivity contribution in [1.82, 2.24) is 0 Å². The fourth-order valence-electron chi connectivity index (χ4n) is 2.81. The Balaban J connectivity index is 1.97. The Morgan fingerprint density at radius 3 is 2.95 bits per heavy atom. The van der Waals surface area contributed by atoms with Crippen molar-refractivity contribution in [2.24, 2.45) is 0 Å². The van der Waals surface area contributed by atoms with Crippen molar-refractivity contribution in [3.63, 3.8) is 0 Å². The third-order valence-electron chi connectivity index (χ3n) is 3.76. The monoisotopic (exact) mass is 280 g/mol. The maximum absolute atomic E-state index is 13.8. The van der Waals surface area contributed by atoms with E-state index in [0.717, 1.165) is 43.0 Å². The summed E-state index contributed by atoms with van der Waals surface area (Å²) in [7, 11) is 0. The molecule has 0 saturated heterocycles. The minimum Gasteiger partial charge on any atom is -0.388 e.